The van der Waals surface area contributed by atoms with E-state index in [0.29, 0.717) is 12.4 Å². The maximum atomic E-state index is 9.67. The van der Waals surface area contributed by atoms with Gasteiger partial charge in [0, 0.05) is 12.2 Å². The van der Waals surface area contributed by atoms with Crippen molar-refractivity contribution < 1.29 is 9.84 Å². The van der Waals surface area contributed by atoms with Gasteiger partial charge in [0.05, 0.1) is 5.60 Å². The second-order valence-corrected chi connectivity index (χ2v) is 3.88. The number of phenols is 1. The molecular weight excluding hydrogens is 176 g/mol. The molecule has 0 spiro atoms. The van der Waals surface area contributed by atoms with Crippen molar-refractivity contribution in [3.8, 4) is 5.75 Å². The summed E-state index contributed by atoms with van der Waals surface area (Å²) >= 11 is 0. The summed E-state index contributed by atoms with van der Waals surface area (Å²) in [6, 6.07) is 7.30. The zero-order valence-electron chi connectivity index (χ0n) is 9.08. The average molecular weight is 194 g/mol. The van der Waals surface area contributed by atoms with Crippen LogP contribution in [-0.4, -0.2) is 11.7 Å². The monoisotopic (exact) mass is 194 g/mol. The van der Waals surface area contributed by atoms with E-state index in [1.165, 1.54) is 0 Å². The highest BCUT2D eigenvalue weighted by molar-refractivity contribution is 5.35. The predicted octanol–water partition coefficient (Wildman–Crippen LogP) is 3.05. The maximum absolute atomic E-state index is 9.67. The van der Waals surface area contributed by atoms with E-state index in [1.807, 2.05) is 32.0 Å². The number of hydrogen-bond donors (Lipinski definition) is 1. The van der Waals surface area contributed by atoms with E-state index in [4.69, 9.17) is 4.74 Å². The van der Waals surface area contributed by atoms with Crippen molar-refractivity contribution in [3.05, 3.63) is 29.8 Å². The van der Waals surface area contributed by atoms with Crippen molar-refractivity contribution in [1.82, 2.24) is 0 Å². The first-order chi connectivity index (χ1) is 6.58. The number of hydrogen-bond acceptors (Lipinski definition) is 2. The summed E-state index contributed by atoms with van der Waals surface area (Å²) in [6.07, 6.45) is 0.983. The van der Waals surface area contributed by atoms with Crippen LogP contribution in [0, 0.1) is 0 Å². The van der Waals surface area contributed by atoms with E-state index in [-0.39, 0.29) is 0 Å². The lowest BCUT2D eigenvalue weighted by Crippen LogP contribution is -2.22. The number of rotatable bonds is 4. The van der Waals surface area contributed by atoms with E-state index < -0.39 is 5.60 Å². The van der Waals surface area contributed by atoms with Crippen LogP contribution >= 0.6 is 0 Å². The Hall–Kier alpha value is -1.02. The highest BCUT2D eigenvalue weighted by Gasteiger charge is 2.23. The molecule has 0 aliphatic rings. The number of ether oxygens (including phenoxy) is 1. The third-order valence-electron chi connectivity index (χ3n) is 2.22. The third-order valence-corrected chi connectivity index (χ3v) is 2.22. The number of benzene rings is 1. The molecule has 0 saturated heterocycles. The first-order valence-electron chi connectivity index (χ1n) is 5.00. The molecule has 0 bridgehead atoms. The maximum Gasteiger partial charge on any atom is 0.121 e. The Morgan fingerprint density at radius 2 is 1.93 bits per heavy atom. The molecule has 0 aliphatic heterocycles. The van der Waals surface area contributed by atoms with Gasteiger partial charge in [0.15, 0.2) is 0 Å². The Labute approximate surface area is 85.5 Å². The first-order valence-corrected chi connectivity index (χ1v) is 5.00. The molecule has 0 unspecified atom stereocenters. The van der Waals surface area contributed by atoms with E-state index >= 15 is 0 Å². The normalized spacial score (nSPS) is 11.6. The summed E-state index contributed by atoms with van der Waals surface area (Å²) < 4.78 is 5.69. The van der Waals surface area contributed by atoms with Crippen LogP contribution in [0.2, 0.25) is 0 Å². The molecule has 1 rings (SSSR count). The standard InChI is InChI=1S/C12H18O2/c1-4-9-14-12(2,3)10-7-5-6-8-11(10)13/h5-8,13H,4,9H2,1-3H3. The third kappa shape index (κ3) is 2.48. The van der Waals surface area contributed by atoms with Crippen molar-refractivity contribution in [2.24, 2.45) is 0 Å². The Kier molecular flexibility index (Phi) is 3.53. The van der Waals surface area contributed by atoms with Crippen LogP contribution in [0.1, 0.15) is 32.8 Å². The van der Waals surface area contributed by atoms with E-state index in [1.54, 1.807) is 6.07 Å². The first kappa shape index (κ1) is 11.1. The van der Waals surface area contributed by atoms with Gasteiger partial charge in [0.2, 0.25) is 0 Å². The summed E-state index contributed by atoms with van der Waals surface area (Å²) in [7, 11) is 0. The average Bonchev–Trinajstić information content (AvgIpc) is 2.15. The van der Waals surface area contributed by atoms with Crippen LogP contribution in [-0.2, 0) is 10.3 Å². The zero-order chi connectivity index (χ0) is 10.6. The van der Waals surface area contributed by atoms with Gasteiger partial charge < -0.3 is 9.84 Å². The Morgan fingerprint density at radius 1 is 1.29 bits per heavy atom. The molecule has 0 aromatic heterocycles. The fraction of sp³-hybridized carbons (Fsp3) is 0.500. The largest absolute Gasteiger partial charge is 0.508 e. The Bertz CT molecular complexity index is 292. The van der Waals surface area contributed by atoms with Crippen LogP contribution in [0.3, 0.4) is 0 Å². The summed E-state index contributed by atoms with van der Waals surface area (Å²) in [5, 5.41) is 9.67. The number of para-hydroxylation sites is 1. The molecule has 0 radical (unpaired) electrons. The fourth-order valence-electron chi connectivity index (χ4n) is 1.42. The van der Waals surface area contributed by atoms with Crippen LogP contribution in [0.4, 0.5) is 0 Å². The van der Waals surface area contributed by atoms with Crippen LogP contribution in [0.15, 0.2) is 24.3 Å². The Morgan fingerprint density at radius 3 is 2.50 bits per heavy atom. The lowest BCUT2D eigenvalue weighted by Gasteiger charge is -2.26. The van der Waals surface area contributed by atoms with Crippen molar-refractivity contribution in [1.29, 1.82) is 0 Å². The van der Waals surface area contributed by atoms with Crippen molar-refractivity contribution in [2.75, 3.05) is 6.61 Å². The van der Waals surface area contributed by atoms with Gasteiger partial charge in [0.25, 0.3) is 0 Å². The topological polar surface area (TPSA) is 29.5 Å². The van der Waals surface area contributed by atoms with Gasteiger partial charge >= 0.3 is 0 Å². The minimum atomic E-state index is -0.415. The minimum absolute atomic E-state index is 0.300. The van der Waals surface area contributed by atoms with Gasteiger partial charge in [0.1, 0.15) is 5.75 Å². The summed E-state index contributed by atoms with van der Waals surface area (Å²) in [4.78, 5) is 0. The van der Waals surface area contributed by atoms with Gasteiger partial charge in [-0.1, -0.05) is 25.1 Å². The molecule has 2 nitrogen and oxygen atoms in total. The molecule has 0 saturated carbocycles. The molecule has 78 valence electrons. The van der Waals surface area contributed by atoms with Gasteiger partial charge in [-0.05, 0) is 26.3 Å². The SMILES string of the molecule is CCCOC(C)(C)c1ccccc1O. The van der Waals surface area contributed by atoms with Crippen LogP contribution in [0.25, 0.3) is 0 Å². The smallest absolute Gasteiger partial charge is 0.121 e. The van der Waals surface area contributed by atoms with E-state index in [9.17, 15) is 5.11 Å². The summed E-state index contributed by atoms with van der Waals surface area (Å²) in [5.41, 5.74) is 0.426. The molecule has 0 atom stereocenters. The van der Waals surface area contributed by atoms with Gasteiger partial charge in [-0.15, -0.1) is 0 Å². The molecule has 0 amide bonds. The van der Waals surface area contributed by atoms with E-state index in [2.05, 4.69) is 6.92 Å². The zero-order valence-corrected chi connectivity index (χ0v) is 9.08. The van der Waals surface area contributed by atoms with Crippen molar-refractivity contribution >= 4 is 0 Å². The lowest BCUT2D eigenvalue weighted by molar-refractivity contribution is -0.0226. The van der Waals surface area contributed by atoms with Gasteiger partial charge in [-0.3, -0.25) is 0 Å². The quantitative estimate of drug-likeness (QED) is 0.798. The summed E-state index contributed by atoms with van der Waals surface area (Å²) in [5.74, 6) is 0.300. The molecule has 2 heteroatoms. The molecule has 0 fully saturated rings. The minimum Gasteiger partial charge on any atom is -0.508 e. The van der Waals surface area contributed by atoms with E-state index in [0.717, 1.165) is 12.0 Å². The predicted molar refractivity (Wildman–Crippen MR) is 57.4 cm³/mol. The van der Waals surface area contributed by atoms with Crippen molar-refractivity contribution in [2.45, 2.75) is 32.8 Å². The highest BCUT2D eigenvalue weighted by atomic mass is 16.5. The van der Waals surface area contributed by atoms with Crippen LogP contribution < -0.4 is 0 Å². The molecule has 1 aromatic rings. The second-order valence-electron chi connectivity index (χ2n) is 3.88. The Balaban J connectivity index is 2.86. The highest BCUT2D eigenvalue weighted by Crippen LogP contribution is 2.31. The number of aromatic hydroxyl groups is 1. The molecule has 0 aliphatic carbocycles. The van der Waals surface area contributed by atoms with Crippen molar-refractivity contribution in [3.63, 3.8) is 0 Å². The molecule has 1 aromatic carbocycles. The summed E-state index contributed by atoms with van der Waals surface area (Å²) in [6.45, 7) is 6.72. The second kappa shape index (κ2) is 4.47. The molecular formula is C12H18O2. The van der Waals surface area contributed by atoms with Gasteiger partial charge in [-0.25, -0.2) is 0 Å². The van der Waals surface area contributed by atoms with Crippen LogP contribution in [0.5, 0.6) is 5.75 Å². The molecule has 14 heavy (non-hydrogen) atoms. The fourth-order valence-corrected chi connectivity index (χ4v) is 1.42. The number of phenolic OH excluding ortho intramolecular Hbond substituents is 1. The van der Waals surface area contributed by atoms with Gasteiger partial charge in [-0.2, -0.15) is 0 Å². The molecule has 0 heterocycles. The lowest BCUT2D eigenvalue weighted by atomic mass is 9.97. The molecule has 1 N–H and O–H groups in total.